The van der Waals surface area contributed by atoms with Crippen LogP contribution in [-0.2, 0) is 0 Å². The highest BCUT2D eigenvalue weighted by Gasteiger charge is 2.15. The predicted molar refractivity (Wildman–Crippen MR) is 130 cm³/mol. The van der Waals surface area contributed by atoms with Crippen LogP contribution in [0.4, 0.5) is 22.2 Å². The van der Waals surface area contributed by atoms with Gasteiger partial charge in [0.2, 0.25) is 0 Å². The van der Waals surface area contributed by atoms with Gasteiger partial charge in [0, 0.05) is 17.4 Å². The molecule has 0 saturated heterocycles. The van der Waals surface area contributed by atoms with Gasteiger partial charge in [0.15, 0.2) is 5.13 Å². The first-order chi connectivity index (χ1) is 15.6. The average Bonchev–Trinajstić information content (AvgIpc) is 3.38. The second-order valence-electron chi connectivity index (χ2n) is 7.25. The topological polar surface area (TPSA) is 97.3 Å². The van der Waals surface area contributed by atoms with E-state index in [2.05, 4.69) is 20.6 Å². The lowest BCUT2D eigenvalue weighted by Gasteiger charge is -2.09. The minimum absolute atomic E-state index is 0.228. The lowest BCUT2D eigenvalue weighted by Crippen LogP contribution is -2.13. The monoisotopic (exact) mass is 440 g/mol. The van der Waals surface area contributed by atoms with Crippen LogP contribution in [0, 0.1) is 6.92 Å². The van der Waals surface area contributed by atoms with Crippen LogP contribution in [-0.4, -0.2) is 20.3 Å². The highest BCUT2D eigenvalue weighted by Crippen LogP contribution is 2.34. The number of aryl methyl sites for hydroxylation is 1. The van der Waals surface area contributed by atoms with Gasteiger partial charge in [-0.15, -0.1) is 0 Å². The number of amides is 1. The molecule has 0 unspecified atom stereocenters. The molecule has 0 aliphatic carbocycles. The van der Waals surface area contributed by atoms with Gasteiger partial charge in [-0.3, -0.25) is 9.20 Å². The molecule has 4 N–H and O–H groups in total. The van der Waals surface area contributed by atoms with Crippen molar-refractivity contribution in [1.29, 1.82) is 0 Å². The molecule has 0 bridgehead atoms. The fraction of sp³-hybridized carbons (Fsp3) is 0.0417. The Labute approximate surface area is 188 Å². The van der Waals surface area contributed by atoms with Crippen LogP contribution >= 0.6 is 11.3 Å². The fourth-order valence-electron chi connectivity index (χ4n) is 3.46. The molecule has 2 aromatic carbocycles. The number of benzene rings is 2. The number of nitrogens with one attached hydrogen (secondary N) is 2. The number of anilines is 4. The minimum Gasteiger partial charge on any atom is -0.397 e. The molecule has 5 aromatic rings. The number of hydrogen-bond acceptors (Lipinski definition) is 6. The summed E-state index contributed by atoms with van der Waals surface area (Å²) in [5, 5.41) is 6.91. The number of thiazole rings is 1. The number of nitrogens with zero attached hydrogens (tertiary/aromatic N) is 3. The highest BCUT2D eigenvalue weighted by molar-refractivity contribution is 7.19. The van der Waals surface area contributed by atoms with Crippen molar-refractivity contribution in [3.8, 4) is 10.6 Å². The van der Waals surface area contributed by atoms with Crippen molar-refractivity contribution < 1.29 is 4.79 Å². The predicted octanol–water partition coefficient (Wildman–Crippen LogP) is 5.34. The molecule has 0 atom stereocenters. The zero-order valence-corrected chi connectivity index (χ0v) is 18.1. The minimum atomic E-state index is -0.228. The van der Waals surface area contributed by atoms with Crippen LogP contribution in [0.3, 0.4) is 0 Å². The molecule has 3 heterocycles. The maximum atomic E-state index is 12.7. The zero-order chi connectivity index (χ0) is 22.1. The zero-order valence-electron chi connectivity index (χ0n) is 17.2. The number of aromatic nitrogens is 3. The molecule has 3 aromatic heterocycles. The van der Waals surface area contributed by atoms with Crippen LogP contribution in [0.5, 0.6) is 0 Å². The largest absolute Gasteiger partial charge is 0.397 e. The van der Waals surface area contributed by atoms with E-state index in [1.54, 1.807) is 35.6 Å². The number of rotatable bonds is 5. The molecule has 32 heavy (non-hydrogen) atoms. The van der Waals surface area contributed by atoms with E-state index in [0.717, 1.165) is 32.7 Å². The summed E-state index contributed by atoms with van der Waals surface area (Å²) in [6.07, 6.45) is 3.85. The van der Waals surface area contributed by atoms with Crippen LogP contribution in [0.15, 0.2) is 79.1 Å². The third kappa shape index (κ3) is 3.79. The van der Waals surface area contributed by atoms with E-state index in [9.17, 15) is 4.79 Å². The van der Waals surface area contributed by atoms with Crippen molar-refractivity contribution in [1.82, 2.24) is 14.4 Å². The molecule has 5 rings (SSSR count). The maximum absolute atomic E-state index is 12.7. The Kier molecular flexibility index (Phi) is 5.04. The average molecular weight is 441 g/mol. The van der Waals surface area contributed by atoms with Crippen LogP contribution in [0.2, 0.25) is 0 Å². The first kappa shape index (κ1) is 19.8. The Bertz CT molecular complexity index is 1440. The first-order valence-electron chi connectivity index (χ1n) is 10.0. The molecule has 0 saturated carbocycles. The van der Waals surface area contributed by atoms with E-state index in [1.807, 2.05) is 66.2 Å². The van der Waals surface area contributed by atoms with E-state index in [-0.39, 0.29) is 5.91 Å². The number of imidazole rings is 1. The molecule has 0 spiro atoms. The molecular weight excluding hydrogens is 420 g/mol. The van der Waals surface area contributed by atoms with Crippen molar-refractivity contribution in [2.24, 2.45) is 0 Å². The molecule has 0 radical (unpaired) electrons. The van der Waals surface area contributed by atoms with E-state index < -0.39 is 0 Å². The second-order valence-corrected chi connectivity index (χ2v) is 8.25. The summed E-state index contributed by atoms with van der Waals surface area (Å²) in [4.78, 5) is 22.9. The summed E-state index contributed by atoms with van der Waals surface area (Å²) in [5.41, 5.74) is 11.1. The van der Waals surface area contributed by atoms with Gasteiger partial charge < -0.3 is 16.4 Å². The fourth-order valence-corrected chi connectivity index (χ4v) is 4.45. The van der Waals surface area contributed by atoms with Crippen LogP contribution < -0.4 is 16.4 Å². The van der Waals surface area contributed by atoms with Crippen LogP contribution in [0.25, 0.3) is 16.2 Å². The molecule has 0 fully saturated rings. The molecule has 7 nitrogen and oxygen atoms in total. The molecule has 158 valence electrons. The summed E-state index contributed by atoms with van der Waals surface area (Å²) in [7, 11) is 0. The van der Waals surface area contributed by atoms with Gasteiger partial charge in [0.05, 0.1) is 33.8 Å². The second kappa shape index (κ2) is 8.16. The summed E-state index contributed by atoms with van der Waals surface area (Å²) in [6, 6.07) is 20.4. The van der Waals surface area contributed by atoms with Gasteiger partial charge in [0.25, 0.3) is 5.91 Å². The van der Waals surface area contributed by atoms with Gasteiger partial charge in [-0.05, 0) is 49.4 Å². The van der Waals surface area contributed by atoms with Gasteiger partial charge in [-0.25, -0.2) is 9.97 Å². The van der Waals surface area contributed by atoms with Crippen molar-refractivity contribution in [3.63, 3.8) is 0 Å². The number of hydrogen-bond donors (Lipinski definition) is 3. The molecular formula is C24H20N6OS. The quantitative estimate of drug-likeness (QED) is 0.320. The Morgan fingerprint density at radius 3 is 2.78 bits per heavy atom. The van der Waals surface area contributed by atoms with Crippen LogP contribution in [0.1, 0.15) is 16.1 Å². The molecule has 8 heteroatoms. The van der Waals surface area contributed by atoms with Crippen molar-refractivity contribution in [2.45, 2.75) is 6.92 Å². The van der Waals surface area contributed by atoms with Crippen molar-refractivity contribution in [2.75, 3.05) is 16.4 Å². The van der Waals surface area contributed by atoms with E-state index in [1.165, 1.54) is 0 Å². The lowest BCUT2D eigenvalue weighted by atomic mass is 10.1. The number of nitrogens with two attached hydrogens (primary N) is 1. The summed E-state index contributed by atoms with van der Waals surface area (Å²) < 4.78 is 2.05. The van der Waals surface area contributed by atoms with E-state index in [0.29, 0.717) is 16.9 Å². The van der Waals surface area contributed by atoms with Crippen molar-refractivity contribution >= 4 is 45.1 Å². The molecule has 0 aliphatic heterocycles. The number of carbonyl (C=O) groups is 1. The summed E-state index contributed by atoms with van der Waals surface area (Å²) >= 11 is 1.55. The number of para-hydroxylation sites is 2. The number of nitrogen functional groups attached to an aromatic ring is 1. The number of pyridine rings is 1. The van der Waals surface area contributed by atoms with E-state index in [4.69, 9.17) is 5.73 Å². The molecule has 0 aliphatic rings. The summed E-state index contributed by atoms with van der Waals surface area (Å²) in [6.45, 7) is 1.98. The highest BCUT2D eigenvalue weighted by atomic mass is 32.1. The first-order valence-corrected chi connectivity index (χ1v) is 10.8. The Morgan fingerprint density at radius 1 is 1.06 bits per heavy atom. The third-order valence-corrected chi connectivity index (χ3v) is 6.13. The Balaban J connectivity index is 1.38. The number of carbonyl (C=O) groups excluding carboxylic acids is 1. The van der Waals surface area contributed by atoms with Gasteiger partial charge in [0.1, 0.15) is 5.65 Å². The van der Waals surface area contributed by atoms with Gasteiger partial charge >= 0.3 is 0 Å². The van der Waals surface area contributed by atoms with Gasteiger partial charge in [-0.2, -0.15) is 0 Å². The smallest absolute Gasteiger partial charge is 0.255 e. The summed E-state index contributed by atoms with van der Waals surface area (Å²) in [5.74, 6) is -0.228. The lowest BCUT2D eigenvalue weighted by molar-refractivity contribution is 0.102. The normalized spacial score (nSPS) is 10.9. The maximum Gasteiger partial charge on any atom is 0.255 e. The standard InChI is InChI=1S/C24H20N6OS/c1-15-22(20-14-26-21-11-4-5-12-30(20)21)32-24(27-15)28-17-8-6-7-16(13-17)23(31)29-19-10-3-2-9-18(19)25/h2-14H,25H2,1H3,(H,27,28)(H,29,31). The Hall–Kier alpha value is -4.17. The SMILES string of the molecule is Cc1nc(Nc2cccc(C(=O)Nc3ccccc3N)c2)sc1-c1cnc2ccccn12. The number of fused-ring (bicyclic) bond motifs is 1. The van der Waals surface area contributed by atoms with Crippen molar-refractivity contribution in [3.05, 3.63) is 90.4 Å². The van der Waals surface area contributed by atoms with Gasteiger partial charge in [-0.1, -0.05) is 35.6 Å². The molecule has 1 amide bonds. The Morgan fingerprint density at radius 2 is 1.91 bits per heavy atom. The van der Waals surface area contributed by atoms with E-state index >= 15 is 0 Å². The third-order valence-electron chi connectivity index (χ3n) is 5.03.